The molecule has 2 aromatic carbocycles. The first-order valence-electron chi connectivity index (χ1n) is 9.94. The Kier molecular flexibility index (Phi) is 7.07. The van der Waals surface area contributed by atoms with E-state index >= 15 is 0 Å². The summed E-state index contributed by atoms with van der Waals surface area (Å²) in [7, 11) is -4.26. The van der Waals surface area contributed by atoms with Crippen molar-refractivity contribution in [2.45, 2.75) is 43.2 Å². The molecular weight excluding hydrogens is 447 g/mol. The van der Waals surface area contributed by atoms with Gasteiger partial charge < -0.3 is 0 Å². The molecule has 11 heteroatoms. The molecule has 0 bridgehead atoms. The van der Waals surface area contributed by atoms with Crippen LogP contribution >= 0.6 is 0 Å². The fourth-order valence-corrected chi connectivity index (χ4v) is 4.60. The number of nitrogens with one attached hydrogen (secondary N) is 3. The molecule has 0 unspecified atom stereocenters. The average Bonchev–Trinajstić information content (AvgIpc) is 3.24. The lowest BCUT2D eigenvalue weighted by Gasteiger charge is -2.13. The van der Waals surface area contributed by atoms with Gasteiger partial charge in [-0.3, -0.25) is 25.2 Å². The standard InChI is InChI=1S/C21H22F3N3O4S/c22-21(23,24)16-8-4-9-17(13-16)27-32(30,31)18-10-3-7-15(12-18)20(29)26-25-19(28)11-14-5-1-2-6-14/h3-4,7-10,12-14,27H,1-2,5-6,11H2,(H,25,28)(H,26,29). The van der Waals surface area contributed by atoms with Crippen molar-refractivity contribution in [2.75, 3.05) is 4.72 Å². The topological polar surface area (TPSA) is 104 Å². The van der Waals surface area contributed by atoms with Crippen molar-refractivity contribution < 1.29 is 31.2 Å². The summed E-state index contributed by atoms with van der Waals surface area (Å²) in [5, 5.41) is 0. The van der Waals surface area contributed by atoms with Crippen molar-refractivity contribution in [3.8, 4) is 0 Å². The molecule has 0 heterocycles. The van der Waals surface area contributed by atoms with E-state index in [-0.39, 0.29) is 22.1 Å². The van der Waals surface area contributed by atoms with Gasteiger partial charge in [0.25, 0.3) is 15.9 Å². The molecule has 3 N–H and O–H groups in total. The number of rotatable bonds is 6. The molecule has 1 aliphatic rings. The molecule has 172 valence electrons. The highest BCUT2D eigenvalue weighted by Gasteiger charge is 2.30. The maximum Gasteiger partial charge on any atom is 0.416 e. The highest BCUT2D eigenvalue weighted by Crippen LogP contribution is 2.31. The van der Waals surface area contributed by atoms with Gasteiger partial charge in [-0.15, -0.1) is 0 Å². The van der Waals surface area contributed by atoms with Gasteiger partial charge in [0.2, 0.25) is 5.91 Å². The predicted octanol–water partition coefficient (Wildman–Crippen LogP) is 3.85. The second kappa shape index (κ2) is 9.60. The number of carbonyl (C=O) groups is 2. The lowest BCUT2D eigenvalue weighted by Crippen LogP contribution is -2.42. The van der Waals surface area contributed by atoms with Crippen LogP contribution in [0.4, 0.5) is 18.9 Å². The molecule has 0 aromatic heterocycles. The molecule has 3 rings (SSSR count). The third-order valence-corrected chi connectivity index (χ3v) is 6.49. The van der Waals surface area contributed by atoms with Gasteiger partial charge in [0.15, 0.2) is 0 Å². The Morgan fingerprint density at radius 2 is 1.66 bits per heavy atom. The average molecular weight is 469 g/mol. The summed E-state index contributed by atoms with van der Waals surface area (Å²) in [4.78, 5) is 23.9. The fourth-order valence-electron chi connectivity index (χ4n) is 3.50. The molecule has 0 atom stereocenters. The molecule has 32 heavy (non-hydrogen) atoms. The van der Waals surface area contributed by atoms with Crippen molar-refractivity contribution in [1.29, 1.82) is 0 Å². The van der Waals surface area contributed by atoms with Gasteiger partial charge in [-0.05, 0) is 55.2 Å². The Bertz CT molecular complexity index is 1100. The number of alkyl halides is 3. The minimum atomic E-state index is -4.62. The van der Waals surface area contributed by atoms with Crippen LogP contribution in [0.15, 0.2) is 53.4 Å². The second-order valence-electron chi connectivity index (χ2n) is 7.57. The van der Waals surface area contributed by atoms with Crippen LogP contribution in [-0.2, 0) is 21.0 Å². The maximum atomic E-state index is 12.9. The molecule has 0 spiro atoms. The largest absolute Gasteiger partial charge is 0.416 e. The number of halogens is 3. The summed E-state index contributed by atoms with van der Waals surface area (Å²) in [6.07, 6.45) is -0.211. The Balaban J connectivity index is 1.66. The van der Waals surface area contributed by atoms with Gasteiger partial charge >= 0.3 is 6.18 Å². The number of hydrogen-bond donors (Lipinski definition) is 3. The van der Waals surface area contributed by atoms with Crippen molar-refractivity contribution in [2.24, 2.45) is 5.92 Å². The van der Waals surface area contributed by atoms with E-state index in [0.29, 0.717) is 18.4 Å². The molecule has 2 aromatic rings. The first kappa shape index (κ1) is 23.6. The molecule has 0 saturated heterocycles. The van der Waals surface area contributed by atoms with Gasteiger partial charge in [-0.1, -0.05) is 25.0 Å². The number of carbonyl (C=O) groups excluding carboxylic acids is 2. The van der Waals surface area contributed by atoms with Crippen LogP contribution in [-0.4, -0.2) is 20.2 Å². The van der Waals surface area contributed by atoms with E-state index in [0.717, 1.165) is 43.9 Å². The lowest BCUT2D eigenvalue weighted by atomic mass is 10.0. The Morgan fingerprint density at radius 3 is 2.34 bits per heavy atom. The van der Waals surface area contributed by atoms with Gasteiger partial charge in [-0.2, -0.15) is 13.2 Å². The molecule has 1 saturated carbocycles. The summed E-state index contributed by atoms with van der Waals surface area (Å²) >= 11 is 0. The number of anilines is 1. The van der Waals surface area contributed by atoms with Gasteiger partial charge in [-0.25, -0.2) is 8.42 Å². The molecule has 0 radical (unpaired) electrons. The van der Waals surface area contributed by atoms with E-state index < -0.39 is 27.7 Å². The smallest absolute Gasteiger partial charge is 0.280 e. The Morgan fingerprint density at radius 1 is 0.969 bits per heavy atom. The normalized spacial score (nSPS) is 14.7. The van der Waals surface area contributed by atoms with Crippen LogP contribution in [0.25, 0.3) is 0 Å². The number of benzene rings is 2. The number of hydrogen-bond acceptors (Lipinski definition) is 4. The summed E-state index contributed by atoms with van der Waals surface area (Å²) in [5.74, 6) is -0.761. The molecular formula is C21H22F3N3O4S. The zero-order chi connectivity index (χ0) is 23.4. The maximum absolute atomic E-state index is 12.9. The molecule has 1 fully saturated rings. The van der Waals surface area contributed by atoms with E-state index in [1.54, 1.807) is 0 Å². The summed E-state index contributed by atoms with van der Waals surface area (Å²) < 4.78 is 65.9. The number of hydrazine groups is 1. The van der Waals surface area contributed by atoms with E-state index in [2.05, 4.69) is 15.6 Å². The molecule has 0 aliphatic heterocycles. The van der Waals surface area contributed by atoms with Crippen LogP contribution in [0.2, 0.25) is 0 Å². The van der Waals surface area contributed by atoms with Crippen LogP contribution in [0, 0.1) is 5.92 Å². The van der Waals surface area contributed by atoms with Crippen molar-refractivity contribution in [1.82, 2.24) is 10.9 Å². The third-order valence-electron chi connectivity index (χ3n) is 5.11. The van der Waals surface area contributed by atoms with Crippen molar-refractivity contribution in [3.05, 3.63) is 59.7 Å². The van der Waals surface area contributed by atoms with Crippen molar-refractivity contribution >= 4 is 27.5 Å². The monoisotopic (exact) mass is 469 g/mol. The quantitative estimate of drug-likeness (QED) is 0.559. The Labute approximate surface area is 183 Å². The summed E-state index contributed by atoms with van der Waals surface area (Å²) in [6.45, 7) is 0. The highest BCUT2D eigenvalue weighted by atomic mass is 32.2. The van der Waals surface area contributed by atoms with Crippen molar-refractivity contribution in [3.63, 3.8) is 0 Å². The van der Waals surface area contributed by atoms with Gasteiger partial charge in [0.05, 0.1) is 10.5 Å². The second-order valence-corrected chi connectivity index (χ2v) is 9.25. The lowest BCUT2D eigenvalue weighted by molar-refractivity contribution is -0.137. The summed E-state index contributed by atoms with van der Waals surface area (Å²) in [5.41, 5.74) is 3.25. The first-order chi connectivity index (χ1) is 15.0. The van der Waals surface area contributed by atoms with Crippen LogP contribution < -0.4 is 15.6 Å². The zero-order valence-electron chi connectivity index (χ0n) is 16.9. The Hall–Kier alpha value is -3.08. The fraction of sp³-hybridized carbons (Fsp3) is 0.333. The highest BCUT2D eigenvalue weighted by molar-refractivity contribution is 7.92. The van der Waals surface area contributed by atoms with Gasteiger partial charge in [0.1, 0.15) is 0 Å². The molecule has 2 amide bonds. The van der Waals surface area contributed by atoms with E-state index in [1.807, 2.05) is 0 Å². The van der Waals surface area contributed by atoms with E-state index in [4.69, 9.17) is 0 Å². The van der Waals surface area contributed by atoms with E-state index in [1.165, 1.54) is 24.3 Å². The summed E-state index contributed by atoms with van der Waals surface area (Å²) in [6, 6.07) is 8.69. The minimum Gasteiger partial charge on any atom is -0.280 e. The van der Waals surface area contributed by atoms with Crippen LogP contribution in [0.3, 0.4) is 0 Å². The van der Waals surface area contributed by atoms with Crippen LogP contribution in [0.1, 0.15) is 48.0 Å². The SMILES string of the molecule is O=C(CC1CCCC1)NNC(=O)c1cccc(S(=O)(=O)Nc2cccc(C(F)(F)F)c2)c1. The molecule has 1 aliphatic carbocycles. The number of amides is 2. The number of sulfonamides is 1. The first-order valence-corrected chi connectivity index (χ1v) is 11.4. The minimum absolute atomic E-state index is 0.0434. The third kappa shape index (κ3) is 6.22. The molecule has 7 nitrogen and oxygen atoms in total. The van der Waals surface area contributed by atoms with Crippen LogP contribution in [0.5, 0.6) is 0 Å². The zero-order valence-corrected chi connectivity index (χ0v) is 17.7. The van der Waals surface area contributed by atoms with Gasteiger partial charge in [0, 0.05) is 17.7 Å². The van der Waals surface area contributed by atoms with E-state index in [9.17, 15) is 31.2 Å². The predicted molar refractivity (Wildman–Crippen MR) is 111 cm³/mol.